The number of hydrogen-bond acceptors (Lipinski definition) is 3. The molecule has 1 heterocycles. The summed E-state index contributed by atoms with van der Waals surface area (Å²) in [5.41, 5.74) is 5.45. The number of benzene rings is 3. The molecule has 0 radical (unpaired) electrons. The molecule has 0 aliphatic carbocycles. The first-order valence-electron chi connectivity index (χ1n) is 9.36. The van der Waals surface area contributed by atoms with Crippen molar-refractivity contribution in [1.29, 1.82) is 0 Å². The molecule has 0 fully saturated rings. The predicted octanol–water partition coefficient (Wildman–Crippen LogP) is 5.42. The van der Waals surface area contributed by atoms with E-state index in [2.05, 4.69) is 21.7 Å². The number of halogens is 1. The quantitative estimate of drug-likeness (QED) is 0.466. The summed E-state index contributed by atoms with van der Waals surface area (Å²) in [7, 11) is 0. The van der Waals surface area contributed by atoms with Gasteiger partial charge in [0.25, 0.3) is 5.91 Å². The van der Waals surface area contributed by atoms with Crippen LogP contribution in [-0.2, 0) is 11.3 Å². The maximum Gasteiger partial charge on any atom is 0.255 e. The van der Waals surface area contributed by atoms with Crippen LogP contribution >= 0.6 is 0 Å². The van der Waals surface area contributed by atoms with Gasteiger partial charge in [0, 0.05) is 35.1 Å². The molecule has 2 N–H and O–H groups in total. The Kier molecular flexibility index (Phi) is 5.47. The Morgan fingerprint density at radius 1 is 0.931 bits per heavy atom. The Balaban J connectivity index is 1.58. The summed E-state index contributed by atoms with van der Waals surface area (Å²) >= 11 is 0. The van der Waals surface area contributed by atoms with Gasteiger partial charge in [-0.2, -0.15) is 0 Å². The van der Waals surface area contributed by atoms with Gasteiger partial charge in [0.2, 0.25) is 0 Å². The molecule has 144 valence electrons. The maximum absolute atomic E-state index is 12.6. The SMILES string of the molecule is O=C(CF)Nc1ccccc1-c1cccc(NCc2ccnc3ccccc23)c1. The number of para-hydroxylation sites is 2. The standard InChI is InChI=1S/C24H20FN3O/c25-15-24(29)28-23-11-4-2-8-20(23)17-6-5-7-19(14-17)27-16-18-12-13-26-22-10-3-1-9-21(18)22/h1-14,27H,15-16H2,(H,28,29). The van der Waals surface area contributed by atoms with E-state index in [0.717, 1.165) is 33.3 Å². The first-order valence-corrected chi connectivity index (χ1v) is 9.36. The average molecular weight is 385 g/mol. The van der Waals surface area contributed by atoms with Crippen LogP contribution in [0.2, 0.25) is 0 Å². The number of carbonyl (C=O) groups excluding carboxylic acids is 1. The minimum atomic E-state index is -1.05. The summed E-state index contributed by atoms with van der Waals surface area (Å²) in [6.07, 6.45) is 1.82. The summed E-state index contributed by atoms with van der Waals surface area (Å²) in [6, 6.07) is 25.4. The van der Waals surface area contributed by atoms with Crippen LogP contribution in [0, 0.1) is 0 Å². The van der Waals surface area contributed by atoms with Gasteiger partial charge in [-0.3, -0.25) is 9.78 Å². The van der Waals surface area contributed by atoms with Gasteiger partial charge in [0.15, 0.2) is 6.67 Å². The lowest BCUT2D eigenvalue weighted by Gasteiger charge is -2.13. The smallest absolute Gasteiger partial charge is 0.255 e. The zero-order chi connectivity index (χ0) is 20.1. The number of fused-ring (bicyclic) bond motifs is 1. The van der Waals surface area contributed by atoms with Gasteiger partial charge < -0.3 is 10.6 Å². The van der Waals surface area contributed by atoms with Crippen molar-refractivity contribution in [1.82, 2.24) is 4.98 Å². The number of nitrogens with zero attached hydrogens (tertiary/aromatic N) is 1. The van der Waals surface area contributed by atoms with Crippen molar-refractivity contribution in [2.45, 2.75) is 6.54 Å². The third kappa shape index (κ3) is 4.24. The van der Waals surface area contributed by atoms with E-state index in [1.54, 1.807) is 6.07 Å². The van der Waals surface area contributed by atoms with Gasteiger partial charge in [-0.25, -0.2) is 4.39 Å². The van der Waals surface area contributed by atoms with Crippen LogP contribution in [0.25, 0.3) is 22.0 Å². The normalized spacial score (nSPS) is 10.7. The third-order valence-electron chi connectivity index (χ3n) is 4.72. The van der Waals surface area contributed by atoms with E-state index < -0.39 is 12.6 Å². The van der Waals surface area contributed by atoms with Gasteiger partial charge in [-0.05, 0) is 41.5 Å². The van der Waals surface area contributed by atoms with Crippen LogP contribution in [-0.4, -0.2) is 17.6 Å². The number of amides is 1. The molecule has 0 spiro atoms. The Bertz CT molecular complexity index is 1150. The highest BCUT2D eigenvalue weighted by molar-refractivity contribution is 5.96. The molecule has 4 aromatic rings. The molecule has 1 amide bonds. The molecule has 5 heteroatoms. The molecule has 0 atom stereocenters. The van der Waals surface area contributed by atoms with E-state index in [9.17, 15) is 9.18 Å². The summed E-state index contributed by atoms with van der Waals surface area (Å²) in [5.74, 6) is -0.656. The Morgan fingerprint density at radius 2 is 1.76 bits per heavy atom. The van der Waals surface area contributed by atoms with Crippen LogP contribution in [0.4, 0.5) is 15.8 Å². The Morgan fingerprint density at radius 3 is 2.66 bits per heavy atom. The van der Waals surface area contributed by atoms with Crippen LogP contribution < -0.4 is 10.6 Å². The first kappa shape index (κ1) is 18.6. The van der Waals surface area contributed by atoms with Crippen molar-refractivity contribution in [3.05, 3.63) is 90.6 Å². The van der Waals surface area contributed by atoms with Gasteiger partial charge in [0.1, 0.15) is 0 Å². The third-order valence-corrected chi connectivity index (χ3v) is 4.72. The molecule has 0 unspecified atom stereocenters. The molecule has 0 saturated carbocycles. The summed E-state index contributed by atoms with van der Waals surface area (Å²) in [4.78, 5) is 15.9. The molecule has 1 aromatic heterocycles. The lowest BCUT2D eigenvalue weighted by molar-refractivity contribution is -0.117. The van der Waals surface area contributed by atoms with Crippen molar-refractivity contribution in [3.8, 4) is 11.1 Å². The van der Waals surface area contributed by atoms with Crippen LogP contribution in [0.15, 0.2) is 85.1 Å². The van der Waals surface area contributed by atoms with E-state index in [4.69, 9.17) is 0 Å². The molecule has 4 rings (SSSR count). The second-order valence-electron chi connectivity index (χ2n) is 6.65. The zero-order valence-electron chi connectivity index (χ0n) is 15.7. The van der Waals surface area contributed by atoms with E-state index in [1.807, 2.05) is 72.9 Å². The molecule has 29 heavy (non-hydrogen) atoms. The molecule has 0 bridgehead atoms. The van der Waals surface area contributed by atoms with Crippen molar-refractivity contribution in [2.24, 2.45) is 0 Å². The first-order chi connectivity index (χ1) is 14.2. The highest BCUT2D eigenvalue weighted by Crippen LogP contribution is 2.30. The molecular weight excluding hydrogens is 365 g/mol. The van der Waals surface area contributed by atoms with E-state index in [0.29, 0.717) is 12.2 Å². The van der Waals surface area contributed by atoms with E-state index >= 15 is 0 Å². The van der Waals surface area contributed by atoms with Crippen LogP contribution in [0.1, 0.15) is 5.56 Å². The fourth-order valence-electron chi connectivity index (χ4n) is 3.33. The molecule has 0 aliphatic heterocycles. The molecule has 0 saturated heterocycles. The monoisotopic (exact) mass is 385 g/mol. The summed E-state index contributed by atoms with van der Waals surface area (Å²) < 4.78 is 12.6. The van der Waals surface area contributed by atoms with E-state index in [1.165, 1.54) is 0 Å². The number of anilines is 2. The fraction of sp³-hybridized carbons (Fsp3) is 0.0833. The Labute approximate surface area is 168 Å². The number of rotatable bonds is 6. The topological polar surface area (TPSA) is 54.0 Å². The number of carbonyl (C=O) groups is 1. The zero-order valence-corrected chi connectivity index (χ0v) is 15.7. The number of nitrogens with one attached hydrogen (secondary N) is 2. The predicted molar refractivity (Wildman–Crippen MR) is 116 cm³/mol. The number of aromatic nitrogens is 1. The molecule has 0 aliphatic rings. The van der Waals surface area contributed by atoms with Crippen molar-refractivity contribution >= 4 is 28.2 Å². The Hall–Kier alpha value is -3.73. The lowest BCUT2D eigenvalue weighted by atomic mass is 10.0. The number of alkyl halides is 1. The average Bonchev–Trinajstić information content (AvgIpc) is 2.78. The highest BCUT2D eigenvalue weighted by atomic mass is 19.1. The van der Waals surface area contributed by atoms with Gasteiger partial charge in [0.05, 0.1) is 5.52 Å². The molecular formula is C24H20FN3O. The van der Waals surface area contributed by atoms with Crippen molar-refractivity contribution in [2.75, 3.05) is 17.3 Å². The van der Waals surface area contributed by atoms with Gasteiger partial charge in [-0.1, -0.05) is 48.5 Å². The van der Waals surface area contributed by atoms with Crippen molar-refractivity contribution < 1.29 is 9.18 Å². The van der Waals surface area contributed by atoms with Crippen LogP contribution in [0.3, 0.4) is 0 Å². The highest BCUT2D eigenvalue weighted by Gasteiger charge is 2.09. The van der Waals surface area contributed by atoms with E-state index in [-0.39, 0.29) is 0 Å². The largest absolute Gasteiger partial charge is 0.381 e. The second-order valence-corrected chi connectivity index (χ2v) is 6.65. The summed E-state index contributed by atoms with van der Waals surface area (Å²) in [6.45, 7) is -0.386. The summed E-state index contributed by atoms with van der Waals surface area (Å²) in [5, 5.41) is 7.20. The van der Waals surface area contributed by atoms with Crippen LogP contribution in [0.5, 0.6) is 0 Å². The lowest BCUT2D eigenvalue weighted by Crippen LogP contribution is -2.13. The number of hydrogen-bond donors (Lipinski definition) is 2. The number of pyridine rings is 1. The second kappa shape index (κ2) is 8.52. The van der Waals surface area contributed by atoms with Gasteiger partial charge >= 0.3 is 0 Å². The van der Waals surface area contributed by atoms with Gasteiger partial charge in [-0.15, -0.1) is 0 Å². The minimum absolute atomic E-state index is 0.590. The fourth-order valence-corrected chi connectivity index (χ4v) is 3.33. The molecule has 4 nitrogen and oxygen atoms in total. The maximum atomic E-state index is 12.6. The minimum Gasteiger partial charge on any atom is -0.381 e. The molecule has 3 aromatic carbocycles. The van der Waals surface area contributed by atoms with Crippen molar-refractivity contribution in [3.63, 3.8) is 0 Å².